The van der Waals surface area contributed by atoms with Gasteiger partial charge in [-0.25, -0.2) is 4.98 Å². The van der Waals surface area contributed by atoms with E-state index in [2.05, 4.69) is 10.3 Å². The third-order valence-corrected chi connectivity index (χ3v) is 4.39. The van der Waals surface area contributed by atoms with Gasteiger partial charge in [0.1, 0.15) is 5.60 Å². The second-order valence-electron chi connectivity index (χ2n) is 5.30. The fourth-order valence-electron chi connectivity index (χ4n) is 2.31. The average molecular weight is 303 g/mol. The van der Waals surface area contributed by atoms with Crippen molar-refractivity contribution >= 4 is 28.1 Å². The summed E-state index contributed by atoms with van der Waals surface area (Å²) in [6.45, 7) is 2.46. The molecule has 0 spiro atoms. The van der Waals surface area contributed by atoms with Gasteiger partial charge >= 0.3 is 0 Å². The molecule has 5 nitrogen and oxygen atoms in total. The van der Waals surface area contributed by atoms with Crippen molar-refractivity contribution in [3.63, 3.8) is 0 Å². The molecule has 1 aromatic heterocycles. The summed E-state index contributed by atoms with van der Waals surface area (Å²) < 4.78 is 5.53. The van der Waals surface area contributed by atoms with Crippen molar-refractivity contribution < 1.29 is 9.53 Å². The van der Waals surface area contributed by atoms with Crippen molar-refractivity contribution in [1.29, 1.82) is 0 Å². The van der Waals surface area contributed by atoms with Crippen LogP contribution in [-0.2, 0) is 9.53 Å². The zero-order valence-electron chi connectivity index (χ0n) is 11.8. The number of amides is 1. The first-order chi connectivity index (χ1) is 10.1. The Kier molecular flexibility index (Phi) is 3.65. The average Bonchev–Trinajstić information content (AvgIpc) is 3.10. The van der Waals surface area contributed by atoms with Crippen LogP contribution in [0.5, 0.6) is 0 Å². The first-order valence-electron chi connectivity index (χ1n) is 6.84. The van der Waals surface area contributed by atoms with Crippen LogP contribution in [0, 0.1) is 0 Å². The maximum absolute atomic E-state index is 12.2. The molecule has 1 unspecified atom stereocenters. The minimum atomic E-state index is -0.729. The number of carbonyl (C=O) groups excluding carboxylic acids is 1. The molecule has 1 aliphatic heterocycles. The van der Waals surface area contributed by atoms with Crippen molar-refractivity contribution in [2.45, 2.75) is 25.4 Å². The molecule has 1 aromatic carbocycles. The van der Waals surface area contributed by atoms with E-state index in [1.165, 1.54) is 11.3 Å². The zero-order chi connectivity index (χ0) is 14.9. The molecular formula is C15H17N3O2S. The van der Waals surface area contributed by atoms with Gasteiger partial charge in [0, 0.05) is 23.2 Å². The van der Waals surface area contributed by atoms with Gasteiger partial charge in [0.05, 0.1) is 5.69 Å². The molecule has 0 radical (unpaired) electrons. The van der Waals surface area contributed by atoms with Crippen LogP contribution in [0.4, 0.5) is 10.8 Å². The van der Waals surface area contributed by atoms with E-state index in [9.17, 15) is 4.79 Å². The molecule has 21 heavy (non-hydrogen) atoms. The van der Waals surface area contributed by atoms with Gasteiger partial charge < -0.3 is 10.5 Å². The van der Waals surface area contributed by atoms with Crippen LogP contribution in [0.25, 0.3) is 11.3 Å². The summed E-state index contributed by atoms with van der Waals surface area (Å²) in [5.74, 6) is -0.127. The normalized spacial score (nSPS) is 21.4. The highest BCUT2D eigenvalue weighted by molar-refractivity contribution is 7.14. The number of anilines is 2. The van der Waals surface area contributed by atoms with Crippen LogP contribution in [0.3, 0.4) is 0 Å². The summed E-state index contributed by atoms with van der Waals surface area (Å²) in [6, 6.07) is 7.50. The predicted molar refractivity (Wildman–Crippen MR) is 84.2 cm³/mol. The Morgan fingerprint density at radius 3 is 2.86 bits per heavy atom. The lowest BCUT2D eigenvalue weighted by molar-refractivity contribution is -0.133. The molecule has 1 aliphatic rings. The lowest BCUT2D eigenvalue weighted by Crippen LogP contribution is -2.39. The Labute approximate surface area is 127 Å². The maximum atomic E-state index is 12.2. The molecule has 6 heteroatoms. The lowest BCUT2D eigenvalue weighted by Gasteiger charge is -2.20. The number of nitrogen functional groups attached to an aromatic ring is 1. The number of thiazole rings is 1. The van der Waals surface area contributed by atoms with Crippen LogP contribution in [0.2, 0.25) is 0 Å². The number of ether oxygens (including phenoxy) is 1. The van der Waals surface area contributed by atoms with Gasteiger partial charge in [0.2, 0.25) is 0 Å². The number of carbonyl (C=O) groups is 1. The molecule has 0 bridgehead atoms. The van der Waals surface area contributed by atoms with Crippen molar-refractivity contribution in [2.75, 3.05) is 17.7 Å². The van der Waals surface area contributed by atoms with Crippen LogP contribution < -0.4 is 11.1 Å². The van der Waals surface area contributed by atoms with Crippen LogP contribution in [0.15, 0.2) is 29.6 Å². The molecule has 0 saturated carbocycles. The van der Waals surface area contributed by atoms with Gasteiger partial charge in [-0.2, -0.15) is 0 Å². The number of hydrogen-bond donors (Lipinski definition) is 2. The summed E-state index contributed by atoms with van der Waals surface area (Å²) in [6.07, 6.45) is 1.66. The third-order valence-electron chi connectivity index (χ3n) is 3.63. The summed E-state index contributed by atoms with van der Waals surface area (Å²) in [5, 5.41) is 5.35. The summed E-state index contributed by atoms with van der Waals surface area (Å²) in [4.78, 5) is 16.7. The minimum absolute atomic E-state index is 0.127. The second-order valence-corrected chi connectivity index (χ2v) is 6.16. The first kappa shape index (κ1) is 14.0. The highest BCUT2D eigenvalue weighted by Gasteiger charge is 2.38. The molecule has 1 atom stereocenters. The van der Waals surface area contributed by atoms with E-state index in [1.807, 2.05) is 36.6 Å². The Morgan fingerprint density at radius 2 is 2.19 bits per heavy atom. The SMILES string of the molecule is CC1(C(=O)Nc2nc(-c3ccc(N)cc3)cs2)CCCO1. The number of nitrogens with two attached hydrogens (primary N) is 1. The van der Waals surface area contributed by atoms with E-state index in [4.69, 9.17) is 10.5 Å². The van der Waals surface area contributed by atoms with E-state index in [-0.39, 0.29) is 5.91 Å². The Hall–Kier alpha value is -1.92. The summed E-state index contributed by atoms with van der Waals surface area (Å²) in [7, 11) is 0. The van der Waals surface area contributed by atoms with Gasteiger partial charge in [0.15, 0.2) is 5.13 Å². The summed E-state index contributed by atoms with van der Waals surface area (Å²) >= 11 is 1.40. The van der Waals surface area contributed by atoms with E-state index in [1.54, 1.807) is 0 Å². The van der Waals surface area contributed by atoms with Gasteiger partial charge in [-0.15, -0.1) is 11.3 Å². The van der Waals surface area contributed by atoms with E-state index in [0.717, 1.165) is 24.1 Å². The first-order valence-corrected chi connectivity index (χ1v) is 7.72. The zero-order valence-corrected chi connectivity index (χ0v) is 12.6. The highest BCUT2D eigenvalue weighted by atomic mass is 32.1. The Bertz CT molecular complexity index is 645. The Balaban J connectivity index is 1.73. The second kappa shape index (κ2) is 5.46. The number of aromatic nitrogens is 1. The molecule has 2 heterocycles. The quantitative estimate of drug-likeness (QED) is 0.855. The van der Waals surface area contributed by atoms with E-state index >= 15 is 0 Å². The molecule has 3 rings (SSSR count). The van der Waals surface area contributed by atoms with Gasteiger partial charge in [0.25, 0.3) is 5.91 Å². The molecule has 1 fully saturated rings. The van der Waals surface area contributed by atoms with Gasteiger partial charge in [-0.3, -0.25) is 10.1 Å². The molecule has 1 saturated heterocycles. The number of rotatable bonds is 3. The molecular weight excluding hydrogens is 286 g/mol. The fourth-order valence-corrected chi connectivity index (χ4v) is 3.02. The van der Waals surface area contributed by atoms with Crippen molar-refractivity contribution in [2.24, 2.45) is 0 Å². The van der Waals surface area contributed by atoms with Crippen LogP contribution in [-0.4, -0.2) is 23.1 Å². The molecule has 0 aliphatic carbocycles. The van der Waals surface area contributed by atoms with Crippen LogP contribution in [0.1, 0.15) is 19.8 Å². The van der Waals surface area contributed by atoms with Gasteiger partial charge in [-0.1, -0.05) is 12.1 Å². The monoisotopic (exact) mass is 303 g/mol. The fraction of sp³-hybridized carbons (Fsp3) is 0.333. The standard InChI is InChI=1S/C15H17N3O2S/c1-15(7-2-8-20-15)13(19)18-14-17-12(9-21-14)10-3-5-11(16)6-4-10/h3-6,9H,2,7-8,16H2,1H3,(H,17,18,19). The van der Waals surface area contributed by atoms with E-state index in [0.29, 0.717) is 17.4 Å². The molecule has 3 N–H and O–H groups in total. The largest absolute Gasteiger partial charge is 0.399 e. The van der Waals surface area contributed by atoms with Gasteiger partial charge in [-0.05, 0) is 31.9 Å². The number of benzene rings is 1. The Morgan fingerprint density at radius 1 is 1.43 bits per heavy atom. The highest BCUT2D eigenvalue weighted by Crippen LogP contribution is 2.29. The van der Waals surface area contributed by atoms with Crippen LogP contribution >= 0.6 is 11.3 Å². The molecule has 1 amide bonds. The summed E-state index contributed by atoms with van der Waals surface area (Å²) in [5.41, 5.74) is 7.46. The lowest BCUT2D eigenvalue weighted by atomic mass is 10.0. The maximum Gasteiger partial charge on any atom is 0.258 e. The predicted octanol–water partition coefficient (Wildman–Crippen LogP) is 2.90. The van der Waals surface area contributed by atoms with Crippen molar-refractivity contribution in [1.82, 2.24) is 4.98 Å². The topological polar surface area (TPSA) is 77.2 Å². The van der Waals surface area contributed by atoms with Crippen molar-refractivity contribution in [3.8, 4) is 11.3 Å². The number of nitrogens with zero attached hydrogens (tertiary/aromatic N) is 1. The third kappa shape index (κ3) is 2.91. The number of hydrogen-bond acceptors (Lipinski definition) is 5. The van der Waals surface area contributed by atoms with Crippen molar-refractivity contribution in [3.05, 3.63) is 29.6 Å². The smallest absolute Gasteiger partial charge is 0.258 e. The minimum Gasteiger partial charge on any atom is -0.399 e. The van der Waals surface area contributed by atoms with E-state index < -0.39 is 5.60 Å². The molecule has 110 valence electrons. The molecule has 2 aromatic rings. The number of nitrogens with one attached hydrogen (secondary N) is 1.